The van der Waals surface area contributed by atoms with Crippen molar-refractivity contribution in [1.29, 1.82) is 0 Å². The average molecular weight is 376 g/mol. The standard InChI is InChI=1S/C20H20N6O2/c27-19(15-7-9-16(10-8-15)26-12-4-11-21-26)24-25-20(28)18-13-17(22-23-18)14-5-2-1-3-6-14/h1-12,17-18,22-23H,13H2,(H,24,27)(H,25,28). The highest BCUT2D eigenvalue weighted by Crippen LogP contribution is 2.21. The summed E-state index contributed by atoms with van der Waals surface area (Å²) in [6.07, 6.45) is 4.09. The van der Waals surface area contributed by atoms with E-state index in [4.69, 9.17) is 0 Å². The van der Waals surface area contributed by atoms with Gasteiger partial charge in [0, 0.05) is 24.0 Å². The van der Waals surface area contributed by atoms with Crippen LogP contribution in [0.2, 0.25) is 0 Å². The van der Waals surface area contributed by atoms with Crippen LogP contribution in [0.3, 0.4) is 0 Å². The number of hydrogen-bond donors (Lipinski definition) is 4. The Kier molecular flexibility index (Phi) is 5.14. The van der Waals surface area contributed by atoms with Crippen LogP contribution in [0.4, 0.5) is 0 Å². The molecule has 3 aromatic rings. The minimum Gasteiger partial charge on any atom is -0.271 e. The zero-order valence-electron chi connectivity index (χ0n) is 15.0. The van der Waals surface area contributed by atoms with Crippen molar-refractivity contribution in [3.63, 3.8) is 0 Å². The van der Waals surface area contributed by atoms with Gasteiger partial charge in [-0.1, -0.05) is 30.3 Å². The lowest BCUT2D eigenvalue weighted by Gasteiger charge is -2.12. The Hall–Kier alpha value is -3.49. The first-order chi connectivity index (χ1) is 13.7. The van der Waals surface area contributed by atoms with Crippen molar-refractivity contribution in [3.8, 4) is 5.69 Å². The van der Waals surface area contributed by atoms with Crippen LogP contribution in [-0.4, -0.2) is 27.6 Å². The maximum atomic E-state index is 12.3. The molecule has 28 heavy (non-hydrogen) atoms. The molecular weight excluding hydrogens is 356 g/mol. The summed E-state index contributed by atoms with van der Waals surface area (Å²) in [6.45, 7) is 0. The number of carbonyl (C=O) groups is 2. The molecule has 0 spiro atoms. The maximum Gasteiger partial charge on any atom is 0.269 e. The molecular formula is C20H20N6O2. The van der Waals surface area contributed by atoms with Gasteiger partial charge in [0.1, 0.15) is 6.04 Å². The summed E-state index contributed by atoms with van der Waals surface area (Å²) < 4.78 is 1.70. The smallest absolute Gasteiger partial charge is 0.269 e. The van der Waals surface area contributed by atoms with Gasteiger partial charge in [0.15, 0.2) is 0 Å². The molecule has 2 amide bonds. The fourth-order valence-corrected chi connectivity index (χ4v) is 3.10. The van der Waals surface area contributed by atoms with E-state index in [1.807, 2.05) is 42.6 Å². The van der Waals surface area contributed by atoms with E-state index >= 15 is 0 Å². The summed E-state index contributed by atoms with van der Waals surface area (Å²) in [5.74, 6) is -0.682. The minimum absolute atomic E-state index is 0.0440. The van der Waals surface area contributed by atoms with Crippen LogP contribution < -0.4 is 21.7 Å². The summed E-state index contributed by atoms with van der Waals surface area (Å²) in [7, 11) is 0. The normalized spacial score (nSPS) is 18.6. The van der Waals surface area contributed by atoms with Gasteiger partial charge in [-0.3, -0.25) is 20.4 Å². The molecule has 1 fully saturated rings. The number of nitrogens with zero attached hydrogens (tertiary/aromatic N) is 2. The molecule has 2 atom stereocenters. The van der Waals surface area contributed by atoms with Gasteiger partial charge in [-0.05, 0) is 42.3 Å². The van der Waals surface area contributed by atoms with E-state index in [0.717, 1.165) is 11.3 Å². The SMILES string of the molecule is O=C(NNC(=O)C1CC(c2ccccc2)NN1)c1ccc(-n2cccn2)cc1. The third kappa shape index (κ3) is 3.93. The van der Waals surface area contributed by atoms with Crippen molar-refractivity contribution in [3.05, 3.63) is 84.2 Å². The highest BCUT2D eigenvalue weighted by molar-refractivity contribution is 5.96. The fraction of sp³-hybridized carbons (Fsp3) is 0.150. The first kappa shape index (κ1) is 17.9. The van der Waals surface area contributed by atoms with Crippen molar-refractivity contribution < 1.29 is 9.59 Å². The van der Waals surface area contributed by atoms with E-state index in [1.54, 1.807) is 35.1 Å². The van der Waals surface area contributed by atoms with Crippen molar-refractivity contribution in [2.75, 3.05) is 0 Å². The molecule has 1 saturated heterocycles. The van der Waals surface area contributed by atoms with Gasteiger partial charge in [-0.15, -0.1) is 0 Å². The number of nitrogens with one attached hydrogen (secondary N) is 4. The van der Waals surface area contributed by atoms with E-state index in [1.165, 1.54) is 0 Å². The summed E-state index contributed by atoms with van der Waals surface area (Å²) in [5.41, 5.74) is 13.4. The zero-order valence-corrected chi connectivity index (χ0v) is 15.0. The van der Waals surface area contributed by atoms with Crippen molar-refractivity contribution >= 4 is 11.8 Å². The predicted molar refractivity (Wildman–Crippen MR) is 103 cm³/mol. The topological polar surface area (TPSA) is 100 Å². The second kappa shape index (κ2) is 8.03. The van der Waals surface area contributed by atoms with Crippen LogP contribution in [-0.2, 0) is 4.79 Å². The Bertz CT molecular complexity index is 941. The predicted octanol–water partition coefficient (Wildman–Crippen LogP) is 1.24. The molecule has 142 valence electrons. The molecule has 2 heterocycles. The highest BCUT2D eigenvalue weighted by atomic mass is 16.2. The summed E-state index contributed by atoms with van der Waals surface area (Å²) >= 11 is 0. The number of hydrogen-bond acceptors (Lipinski definition) is 5. The van der Waals surface area contributed by atoms with Gasteiger partial charge in [0.2, 0.25) is 0 Å². The molecule has 1 aliphatic rings. The first-order valence-corrected chi connectivity index (χ1v) is 8.97. The lowest BCUT2D eigenvalue weighted by atomic mass is 10.0. The molecule has 0 saturated carbocycles. The van der Waals surface area contributed by atoms with E-state index in [-0.39, 0.29) is 17.9 Å². The molecule has 0 bridgehead atoms. The second-order valence-corrected chi connectivity index (χ2v) is 6.48. The number of carbonyl (C=O) groups excluding carboxylic acids is 2. The Morgan fingerprint density at radius 3 is 2.46 bits per heavy atom. The summed E-state index contributed by atoms with van der Waals surface area (Å²) in [4.78, 5) is 24.6. The molecule has 8 heteroatoms. The van der Waals surface area contributed by atoms with Crippen LogP contribution in [0.1, 0.15) is 28.4 Å². The van der Waals surface area contributed by atoms with Crippen LogP contribution in [0.25, 0.3) is 5.69 Å². The van der Waals surface area contributed by atoms with Crippen molar-refractivity contribution in [1.82, 2.24) is 31.5 Å². The molecule has 1 aliphatic heterocycles. The van der Waals surface area contributed by atoms with Gasteiger partial charge in [0.05, 0.1) is 5.69 Å². The molecule has 4 N–H and O–H groups in total. The number of hydrazine groups is 2. The van der Waals surface area contributed by atoms with Crippen LogP contribution in [0, 0.1) is 0 Å². The average Bonchev–Trinajstić information content (AvgIpc) is 3.45. The molecule has 2 aromatic carbocycles. The van der Waals surface area contributed by atoms with Crippen LogP contribution in [0.15, 0.2) is 73.1 Å². The lowest BCUT2D eigenvalue weighted by molar-refractivity contribution is -0.123. The Morgan fingerprint density at radius 2 is 1.75 bits per heavy atom. The largest absolute Gasteiger partial charge is 0.271 e. The minimum atomic E-state index is -0.437. The van der Waals surface area contributed by atoms with Gasteiger partial charge >= 0.3 is 0 Å². The number of rotatable bonds is 4. The molecule has 4 rings (SSSR count). The molecule has 0 radical (unpaired) electrons. The molecule has 2 unspecified atom stereocenters. The molecule has 1 aromatic heterocycles. The summed E-state index contributed by atoms with van der Waals surface area (Å²) in [5, 5.41) is 4.14. The van der Waals surface area contributed by atoms with E-state index in [9.17, 15) is 9.59 Å². The van der Waals surface area contributed by atoms with Crippen LogP contribution in [0.5, 0.6) is 0 Å². The molecule has 8 nitrogen and oxygen atoms in total. The lowest BCUT2D eigenvalue weighted by Crippen LogP contribution is -2.50. The van der Waals surface area contributed by atoms with E-state index in [2.05, 4.69) is 26.8 Å². The highest BCUT2D eigenvalue weighted by Gasteiger charge is 2.30. The number of aromatic nitrogens is 2. The Labute approximate surface area is 161 Å². The monoisotopic (exact) mass is 376 g/mol. The van der Waals surface area contributed by atoms with Gasteiger partial charge in [0.25, 0.3) is 11.8 Å². The second-order valence-electron chi connectivity index (χ2n) is 6.48. The Morgan fingerprint density at radius 1 is 0.964 bits per heavy atom. The first-order valence-electron chi connectivity index (χ1n) is 8.97. The third-order valence-corrected chi connectivity index (χ3v) is 4.62. The van der Waals surface area contributed by atoms with Crippen molar-refractivity contribution in [2.45, 2.75) is 18.5 Å². The number of amides is 2. The van der Waals surface area contributed by atoms with E-state index < -0.39 is 6.04 Å². The Balaban J connectivity index is 1.29. The van der Waals surface area contributed by atoms with Gasteiger partial charge in [-0.25, -0.2) is 15.5 Å². The van der Waals surface area contributed by atoms with E-state index in [0.29, 0.717) is 12.0 Å². The van der Waals surface area contributed by atoms with Gasteiger partial charge in [-0.2, -0.15) is 5.10 Å². The zero-order chi connectivity index (χ0) is 19.3. The summed E-state index contributed by atoms with van der Waals surface area (Å²) in [6, 6.07) is 18.3. The van der Waals surface area contributed by atoms with Crippen molar-refractivity contribution in [2.24, 2.45) is 0 Å². The molecule has 0 aliphatic carbocycles. The fourth-order valence-electron chi connectivity index (χ4n) is 3.10. The maximum absolute atomic E-state index is 12.3. The van der Waals surface area contributed by atoms with Crippen LogP contribution >= 0.6 is 0 Å². The van der Waals surface area contributed by atoms with Gasteiger partial charge < -0.3 is 0 Å². The third-order valence-electron chi connectivity index (χ3n) is 4.62. The number of benzene rings is 2. The quantitative estimate of drug-likeness (QED) is 0.514.